The normalized spacial score (nSPS) is 27.1. The predicted octanol–water partition coefficient (Wildman–Crippen LogP) is 3.20. The molecule has 1 aromatic heterocycles. The van der Waals surface area contributed by atoms with Crippen molar-refractivity contribution in [2.24, 2.45) is 5.92 Å². The van der Waals surface area contributed by atoms with Gasteiger partial charge in [0.15, 0.2) is 0 Å². The van der Waals surface area contributed by atoms with Gasteiger partial charge in [-0.1, -0.05) is 25.0 Å². The van der Waals surface area contributed by atoms with E-state index in [9.17, 15) is 33.1 Å². The van der Waals surface area contributed by atoms with Crippen LogP contribution in [0.25, 0.3) is 11.4 Å². The van der Waals surface area contributed by atoms with Crippen LogP contribution in [0.4, 0.5) is 19.3 Å². The van der Waals surface area contributed by atoms with Crippen molar-refractivity contribution < 1.29 is 37.8 Å². The summed E-state index contributed by atoms with van der Waals surface area (Å²) in [6, 6.07) is -0.696. The first kappa shape index (κ1) is 34.7. The average molecular weight is 673 g/mol. The number of aromatic nitrogens is 4. The molecule has 14 nitrogen and oxygen atoms in total. The molecule has 16 heteroatoms. The zero-order valence-electron chi connectivity index (χ0n) is 27.7. The molecule has 0 unspecified atom stereocenters. The van der Waals surface area contributed by atoms with Gasteiger partial charge in [-0.15, -0.1) is 10.2 Å². The Balaban J connectivity index is 1.45. The van der Waals surface area contributed by atoms with E-state index in [1.165, 1.54) is 28.7 Å². The Morgan fingerprint density at radius 2 is 1.85 bits per heavy atom. The third-order valence-corrected chi connectivity index (χ3v) is 8.81. The zero-order chi connectivity index (χ0) is 35.0. The Labute approximate surface area is 276 Å². The van der Waals surface area contributed by atoms with Crippen LogP contribution in [0.15, 0.2) is 24.3 Å². The number of fused-ring (bicyclic) bond motifs is 2. The maximum Gasteiger partial charge on any atom is 0.408 e. The number of alkyl carbamates (subject to hydrolysis) is 1. The Bertz CT molecular complexity index is 1580. The van der Waals surface area contributed by atoms with Gasteiger partial charge in [-0.05, 0) is 63.8 Å². The molecule has 5 atom stereocenters. The molecule has 0 radical (unpaired) electrons. The van der Waals surface area contributed by atoms with Crippen molar-refractivity contribution in [3.05, 3.63) is 35.9 Å². The number of benzene rings is 1. The highest BCUT2D eigenvalue weighted by Crippen LogP contribution is 2.45. The number of halogens is 2. The van der Waals surface area contributed by atoms with Crippen LogP contribution in [-0.4, -0.2) is 98.0 Å². The molecule has 5 rings (SSSR count). The van der Waals surface area contributed by atoms with Crippen molar-refractivity contribution in [1.82, 2.24) is 35.7 Å². The number of nitrogens with zero attached hydrogens (tertiary/aromatic N) is 6. The quantitative estimate of drug-likeness (QED) is 0.401. The van der Waals surface area contributed by atoms with Crippen LogP contribution in [0.5, 0.6) is 0 Å². The van der Waals surface area contributed by atoms with Crippen molar-refractivity contribution >= 4 is 29.6 Å². The van der Waals surface area contributed by atoms with E-state index in [1.807, 2.05) is 12.2 Å². The molecule has 48 heavy (non-hydrogen) atoms. The molecule has 260 valence electrons. The average Bonchev–Trinajstić information content (AvgIpc) is 3.30. The smallest absolute Gasteiger partial charge is 0.408 e. The third kappa shape index (κ3) is 7.41. The molecule has 1 saturated carbocycles. The number of hydrogen-bond donors (Lipinski definition) is 3. The lowest BCUT2D eigenvalue weighted by Crippen LogP contribution is -2.56. The van der Waals surface area contributed by atoms with Crippen LogP contribution >= 0.6 is 0 Å². The number of tetrazole rings is 1. The van der Waals surface area contributed by atoms with E-state index in [-0.39, 0.29) is 42.9 Å². The van der Waals surface area contributed by atoms with Gasteiger partial charge in [0.1, 0.15) is 40.5 Å². The van der Waals surface area contributed by atoms with Crippen molar-refractivity contribution in [3.63, 3.8) is 0 Å². The summed E-state index contributed by atoms with van der Waals surface area (Å²) in [5, 5.41) is 27.8. The fourth-order valence-corrected chi connectivity index (χ4v) is 6.31. The highest BCUT2D eigenvalue weighted by molar-refractivity contribution is 5.96. The SMILES string of the molecule is CN(C)c1c(F)cc(-c2nnn([C@H]3C[C@H]4C(=O)N[C@@]5(C(=O)O)C[C@H]5/C=C\CCCCC[C@@H](NC(=O)OC(C)(C)C)C(=O)N4C3)n2)cc1F. The molecular formula is C32H42F2N8O6. The Morgan fingerprint density at radius 3 is 2.50 bits per heavy atom. The minimum absolute atomic E-state index is 0.00890. The monoisotopic (exact) mass is 672 g/mol. The summed E-state index contributed by atoms with van der Waals surface area (Å²) in [7, 11) is 3.02. The van der Waals surface area contributed by atoms with Crippen molar-refractivity contribution in [2.75, 3.05) is 25.5 Å². The Morgan fingerprint density at radius 1 is 1.15 bits per heavy atom. The molecule has 2 fully saturated rings. The fourth-order valence-electron chi connectivity index (χ4n) is 6.31. The van der Waals surface area contributed by atoms with Gasteiger partial charge in [0.2, 0.25) is 17.6 Å². The van der Waals surface area contributed by atoms with E-state index in [2.05, 4.69) is 26.0 Å². The molecule has 1 saturated heterocycles. The molecule has 2 aromatic rings. The van der Waals surface area contributed by atoms with Gasteiger partial charge in [0, 0.05) is 38.5 Å². The molecular weight excluding hydrogens is 630 g/mol. The molecule has 1 aromatic carbocycles. The van der Waals surface area contributed by atoms with E-state index < -0.39 is 70.7 Å². The van der Waals surface area contributed by atoms with Crippen molar-refractivity contribution in [2.45, 2.75) is 95.0 Å². The number of hydrogen-bond acceptors (Lipinski definition) is 9. The molecule has 3 aliphatic rings. The summed E-state index contributed by atoms with van der Waals surface area (Å²) in [5.74, 6) is -4.48. The van der Waals surface area contributed by atoms with Crippen LogP contribution in [-0.2, 0) is 19.1 Å². The summed E-state index contributed by atoms with van der Waals surface area (Å²) in [4.78, 5) is 57.0. The second-order valence-corrected chi connectivity index (χ2v) is 13.9. The molecule has 3 heterocycles. The van der Waals surface area contributed by atoms with E-state index >= 15 is 0 Å². The largest absolute Gasteiger partial charge is 0.479 e. The summed E-state index contributed by atoms with van der Waals surface area (Å²) in [6.07, 6.45) is 6.30. The number of carboxylic acid groups (broad SMARTS) is 1. The summed E-state index contributed by atoms with van der Waals surface area (Å²) < 4.78 is 34.9. The van der Waals surface area contributed by atoms with E-state index in [1.54, 1.807) is 20.8 Å². The van der Waals surface area contributed by atoms with Crippen LogP contribution in [0.2, 0.25) is 0 Å². The zero-order valence-corrected chi connectivity index (χ0v) is 27.7. The first-order chi connectivity index (χ1) is 22.6. The van der Waals surface area contributed by atoms with Crippen LogP contribution < -0.4 is 15.5 Å². The highest BCUT2D eigenvalue weighted by atomic mass is 19.1. The predicted molar refractivity (Wildman–Crippen MR) is 169 cm³/mol. The van der Waals surface area contributed by atoms with Gasteiger partial charge in [-0.25, -0.2) is 18.4 Å². The van der Waals surface area contributed by atoms with E-state index in [0.29, 0.717) is 12.8 Å². The van der Waals surface area contributed by atoms with Gasteiger partial charge in [0.05, 0.1) is 6.04 Å². The number of carbonyl (C=O) groups is 4. The maximum absolute atomic E-state index is 14.7. The first-order valence-electron chi connectivity index (χ1n) is 16.1. The second-order valence-electron chi connectivity index (χ2n) is 13.9. The number of amides is 3. The molecule has 0 spiro atoms. The van der Waals surface area contributed by atoms with E-state index in [4.69, 9.17) is 4.74 Å². The van der Waals surface area contributed by atoms with Gasteiger partial charge in [0.25, 0.3) is 0 Å². The lowest BCUT2D eigenvalue weighted by atomic mass is 10.0. The second kappa shape index (κ2) is 13.5. The standard InChI is InChI=1S/C32H42F2N8O6/c1-31(2,3)48-30(47)35-23-12-10-8-6-7-9-11-19-16-32(19,29(45)46)36-27(43)24-15-20(17-41(24)28(23)44)42-38-26(37-39-42)18-13-21(33)25(40(4)5)22(34)14-18/h9,11,13-14,19-20,23-24H,6-8,10,12,15-17H2,1-5H3,(H,35,47)(H,36,43)(H,45,46)/b11-9-/t19-,20+,23-,24+,32+/m1/s1. The maximum atomic E-state index is 14.7. The van der Waals surface area contributed by atoms with Gasteiger partial charge < -0.3 is 30.3 Å². The first-order valence-corrected chi connectivity index (χ1v) is 16.1. The molecule has 1 aliphatic carbocycles. The number of anilines is 1. The number of allylic oxidation sites excluding steroid dienone is 1. The van der Waals surface area contributed by atoms with Gasteiger partial charge in [-0.2, -0.15) is 4.80 Å². The highest BCUT2D eigenvalue weighted by Gasteiger charge is 2.61. The minimum Gasteiger partial charge on any atom is -0.479 e. The molecule has 3 N–H and O–H groups in total. The number of nitrogens with one attached hydrogen (secondary N) is 2. The number of aliphatic carboxylic acids is 1. The lowest BCUT2D eigenvalue weighted by Gasteiger charge is -2.30. The lowest BCUT2D eigenvalue weighted by molar-refractivity contribution is -0.145. The third-order valence-electron chi connectivity index (χ3n) is 8.81. The molecule has 2 aliphatic heterocycles. The van der Waals surface area contributed by atoms with Crippen molar-refractivity contribution in [1.29, 1.82) is 0 Å². The topological polar surface area (TPSA) is 172 Å². The van der Waals surface area contributed by atoms with Crippen molar-refractivity contribution in [3.8, 4) is 11.4 Å². The van der Waals surface area contributed by atoms with Crippen LogP contribution in [0, 0.1) is 17.6 Å². The summed E-state index contributed by atoms with van der Waals surface area (Å²) >= 11 is 0. The van der Waals surface area contributed by atoms with Gasteiger partial charge in [-0.3, -0.25) is 9.59 Å². The van der Waals surface area contributed by atoms with Crippen LogP contribution in [0.3, 0.4) is 0 Å². The summed E-state index contributed by atoms with van der Waals surface area (Å²) in [6.45, 7) is 5.02. The number of carboxylic acids is 1. The van der Waals surface area contributed by atoms with Gasteiger partial charge >= 0.3 is 12.1 Å². The fraction of sp³-hybridized carbons (Fsp3) is 0.594. The Kier molecular flexibility index (Phi) is 9.74. The van der Waals surface area contributed by atoms with Crippen LogP contribution in [0.1, 0.15) is 71.8 Å². The Hall–Kier alpha value is -4.63. The number of rotatable bonds is 5. The number of ether oxygens (including phenoxy) is 1. The number of carbonyl (C=O) groups excluding carboxylic acids is 3. The van der Waals surface area contributed by atoms with E-state index in [0.717, 1.165) is 25.0 Å². The molecule has 3 amide bonds. The summed E-state index contributed by atoms with van der Waals surface area (Å²) in [5.41, 5.74) is -2.50. The molecule has 0 bridgehead atoms. The minimum atomic E-state index is -1.50.